The zero-order valence-electron chi connectivity index (χ0n) is 5.84. The summed E-state index contributed by atoms with van der Waals surface area (Å²) in [6, 6.07) is 0. The fourth-order valence-electron chi connectivity index (χ4n) is 0.575. The number of alkyl halides is 8. The van der Waals surface area contributed by atoms with E-state index >= 15 is 0 Å². The van der Waals surface area contributed by atoms with E-state index in [-0.39, 0.29) is 0 Å². The molecule has 1 aliphatic rings. The van der Waals surface area contributed by atoms with Gasteiger partial charge in [0.15, 0.2) is 0 Å². The number of halogens is 8. The van der Waals surface area contributed by atoms with Crippen molar-refractivity contribution in [2.75, 3.05) is 0 Å². The summed E-state index contributed by atoms with van der Waals surface area (Å²) in [7, 11) is 0. The van der Waals surface area contributed by atoms with Crippen molar-refractivity contribution in [2.24, 2.45) is 0 Å². The predicted molar refractivity (Wildman–Crippen MR) is 31.4 cm³/mol. The average Bonchev–Trinajstić information content (AvgIpc) is 1.98. The summed E-state index contributed by atoms with van der Waals surface area (Å²) in [5.41, 5.74) is 0. The third-order valence-electron chi connectivity index (χ3n) is 1.38. The number of hydrogen-bond donors (Lipinski definition) is 0. The highest BCUT2D eigenvalue weighted by Gasteiger charge is 2.83. The minimum Gasteiger partial charge on any atom is -0.211 e. The third-order valence-corrected chi connectivity index (χ3v) is 2.43. The quantitative estimate of drug-likeness (QED) is 0.381. The summed E-state index contributed by atoms with van der Waals surface area (Å²) >= 11 is 8.46. The SMILES string of the molecule is FC1(F)OOC(F)(F)C(F)(Cl)C1(F)Cl. The molecule has 1 saturated heterocycles. The van der Waals surface area contributed by atoms with Gasteiger partial charge in [-0.05, 0) is 0 Å². The molecule has 2 unspecified atom stereocenters. The van der Waals surface area contributed by atoms with E-state index in [1.54, 1.807) is 0 Å². The maximum absolute atomic E-state index is 12.7. The topological polar surface area (TPSA) is 18.5 Å². The van der Waals surface area contributed by atoms with Crippen LogP contribution in [0.25, 0.3) is 0 Å². The Hall–Kier alpha value is 0.0800. The minimum atomic E-state index is -5.15. The number of hydrogen-bond acceptors (Lipinski definition) is 2. The molecule has 1 fully saturated rings. The molecule has 0 aromatic heterocycles. The lowest BCUT2D eigenvalue weighted by Crippen LogP contribution is -2.67. The van der Waals surface area contributed by atoms with Crippen molar-refractivity contribution in [3.63, 3.8) is 0 Å². The van der Waals surface area contributed by atoms with Crippen LogP contribution >= 0.6 is 23.2 Å². The Morgan fingerprint density at radius 1 is 0.643 bits per heavy atom. The van der Waals surface area contributed by atoms with Gasteiger partial charge < -0.3 is 0 Å². The molecule has 0 aromatic carbocycles. The zero-order valence-corrected chi connectivity index (χ0v) is 7.35. The Labute approximate surface area is 82.6 Å². The van der Waals surface area contributed by atoms with Crippen molar-refractivity contribution in [3.05, 3.63) is 0 Å². The molecule has 0 aliphatic carbocycles. The van der Waals surface area contributed by atoms with Gasteiger partial charge in [0, 0.05) is 0 Å². The van der Waals surface area contributed by atoms with Gasteiger partial charge in [-0.1, -0.05) is 23.2 Å². The van der Waals surface area contributed by atoms with Crippen LogP contribution in [0.15, 0.2) is 0 Å². The molecule has 0 saturated carbocycles. The van der Waals surface area contributed by atoms with Gasteiger partial charge in [0.2, 0.25) is 0 Å². The molecule has 1 rings (SSSR count). The minimum absolute atomic E-state index is 2.62. The first kappa shape index (κ1) is 12.2. The van der Waals surface area contributed by atoms with E-state index in [1.165, 1.54) is 0 Å². The Bertz CT molecular complexity index is 228. The smallest absolute Gasteiger partial charge is 0.211 e. The maximum atomic E-state index is 12.7. The predicted octanol–water partition coefficient (Wildman–Crippen LogP) is 2.94. The Morgan fingerprint density at radius 3 is 1.07 bits per heavy atom. The summed E-state index contributed by atoms with van der Waals surface area (Å²) in [5.74, 6) is 0. The summed E-state index contributed by atoms with van der Waals surface area (Å²) in [5, 5.41) is -9.91. The van der Waals surface area contributed by atoms with Gasteiger partial charge in [-0.15, -0.1) is 0 Å². The van der Waals surface area contributed by atoms with Gasteiger partial charge in [0.05, 0.1) is 0 Å². The summed E-state index contributed by atoms with van der Waals surface area (Å²) < 4.78 is 74.7. The van der Waals surface area contributed by atoms with E-state index in [0.717, 1.165) is 0 Å². The van der Waals surface area contributed by atoms with E-state index in [1.807, 2.05) is 0 Å². The molecule has 2 nitrogen and oxygen atoms in total. The molecule has 0 aromatic rings. The lowest BCUT2D eigenvalue weighted by Gasteiger charge is -2.41. The molecule has 1 aliphatic heterocycles. The van der Waals surface area contributed by atoms with Crippen LogP contribution in [0.4, 0.5) is 26.3 Å². The largest absolute Gasteiger partial charge is 0.434 e. The molecule has 84 valence electrons. The normalized spacial score (nSPS) is 46.3. The standard InChI is InChI=1S/C4Cl2F6O2/c5-1(7)2(6,8)4(11,12)14-13-3(1,9)10. The van der Waals surface area contributed by atoms with E-state index < -0.39 is 22.5 Å². The van der Waals surface area contributed by atoms with Crippen LogP contribution in [-0.4, -0.2) is 22.5 Å². The van der Waals surface area contributed by atoms with Crippen molar-refractivity contribution in [3.8, 4) is 0 Å². The van der Waals surface area contributed by atoms with Crippen molar-refractivity contribution in [1.82, 2.24) is 0 Å². The first-order valence-corrected chi connectivity index (χ1v) is 3.59. The molecular weight excluding hydrogens is 265 g/mol. The van der Waals surface area contributed by atoms with Gasteiger partial charge in [-0.2, -0.15) is 27.3 Å². The van der Waals surface area contributed by atoms with Crippen LogP contribution in [0.1, 0.15) is 0 Å². The highest BCUT2D eigenvalue weighted by atomic mass is 35.5. The molecule has 10 heteroatoms. The lowest BCUT2D eigenvalue weighted by molar-refractivity contribution is -0.583. The molecular formula is C4Cl2F6O2. The van der Waals surface area contributed by atoms with Crippen molar-refractivity contribution >= 4 is 23.2 Å². The molecule has 0 radical (unpaired) electrons. The molecule has 1 heterocycles. The summed E-state index contributed by atoms with van der Waals surface area (Å²) in [4.78, 5) is 5.23. The van der Waals surface area contributed by atoms with Crippen molar-refractivity contribution < 1.29 is 36.1 Å². The Balaban J connectivity index is 3.20. The van der Waals surface area contributed by atoms with Gasteiger partial charge in [-0.25, -0.2) is 8.78 Å². The third kappa shape index (κ3) is 1.28. The molecule has 0 N–H and O–H groups in total. The van der Waals surface area contributed by atoms with Crippen LogP contribution in [0.2, 0.25) is 0 Å². The highest BCUT2D eigenvalue weighted by molar-refractivity contribution is 6.34. The van der Waals surface area contributed by atoms with Crippen LogP contribution in [0, 0.1) is 0 Å². The molecule has 0 spiro atoms. The Morgan fingerprint density at radius 2 is 0.857 bits per heavy atom. The fraction of sp³-hybridized carbons (Fsp3) is 1.00. The van der Waals surface area contributed by atoms with Crippen LogP contribution in [-0.2, 0) is 9.78 Å². The van der Waals surface area contributed by atoms with Crippen LogP contribution in [0.5, 0.6) is 0 Å². The van der Waals surface area contributed by atoms with Crippen LogP contribution in [0.3, 0.4) is 0 Å². The number of rotatable bonds is 0. The average molecular weight is 265 g/mol. The Kier molecular flexibility index (Phi) is 2.44. The van der Waals surface area contributed by atoms with Crippen LogP contribution < -0.4 is 0 Å². The van der Waals surface area contributed by atoms with E-state index in [4.69, 9.17) is 0 Å². The van der Waals surface area contributed by atoms with E-state index in [0.29, 0.717) is 0 Å². The van der Waals surface area contributed by atoms with E-state index in [9.17, 15) is 26.3 Å². The van der Waals surface area contributed by atoms with Crippen molar-refractivity contribution in [2.45, 2.75) is 22.5 Å². The lowest BCUT2D eigenvalue weighted by atomic mass is 10.2. The van der Waals surface area contributed by atoms with Gasteiger partial charge >= 0.3 is 22.5 Å². The highest BCUT2D eigenvalue weighted by Crippen LogP contribution is 2.59. The second-order valence-corrected chi connectivity index (χ2v) is 3.39. The van der Waals surface area contributed by atoms with Gasteiger partial charge in [0.25, 0.3) is 0 Å². The zero-order chi connectivity index (χ0) is 11.4. The summed E-state index contributed by atoms with van der Waals surface area (Å²) in [6.07, 6.45) is -10.3. The molecule has 0 bridgehead atoms. The van der Waals surface area contributed by atoms with Gasteiger partial charge in [0.1, 0.15) is 0 Å². The van der Waals surface area contributed by atoms with Crippen molar-refractivity contribution in [1.29, 1.82) is 0 Å². The molecule has 0 amide bonds. The van der Waals surface area contributed by atoms with Gasteiger partial charge in [-0.3, -0.25) is 0 Å². The molecule has 14 heavy (non-hydrogen) atoms. The van der Waals surface area contributed by atoms with E-state index in [2.05, 4.69) is 33.0 Å². The molecule has 2 atom stereocenters. The fourth-order valence-corrected chi connectivity index (χ4v) is 0.858. The monoisotopic (exact) mass is 264 g/mol. The second-order valence-electron chi connectivity index (χ2n) is 2.35. The first-order chi connectivity index (χ1) is 5.96. The first-order valence-electron chi connectivity index (χ1n) is 2.84. The summed E-state index contributed by atoms with van der Waals surface area (Å²) in [6.45, 7) is 0. The maximum Gasteiger partial charge on any atom is 0.434 e. The second kappa shape index (κ2) is 2.81.